The molecule has 0 unspecified atom stereocenters. The summed E-state index contributed by atoms with van der Waals surface area (Å²) < 4.78 is 0. The molecule has 0 fully saturated rings. The molecular formula is C25H33ClN2O2. The summed E-state index contributed by atoms with van der Waals surface area (Å²) in [7, 11) is 0. The van der Waals surface area contributed by atoms with E-state index in [1.807, 2.05) is 77.1 Å². The third-order valence-corrected chi connectivity index (χ3v) is 5.75. The molecule has 2 amide bonds. The van der Waals surface area contributed by atoms with Gasteiger partial charge in [0.05, 0.1) is 6.42 Å². The summed E-state index contributed by atoms with van der Waals surface area (Å²) in [5.41, 5.74) is 4.15. The van der Waals surface area contributed by atoms with Crippen LogP contribution in [-0.4, -0.2) is 28.8 Å². The molecule has 5 heteroatoms. The summed E-state index contributed by atoms with van der Waals surface area (Å²) in [5, 5.41) is 3.69. The van der Waals surface area contributed by atoms with Crippen LogP contribution >= 0.6 is 11.6 Å². The van der Waals surface area contributed by atoms with Crippen molar-refractivity contribution >= 4 is 23.4 Å². The molecule has 30 heavy (non-hydrogen) atoms. The summed E-state index contributed by atoms with van der Waals surface area (Å²) in [6.45, 7) is 10.4. The van der Waals surface area contributed by atoms with E-state index in [4.69, 9.17) is 11.6 Å². The van der Waals surface area contributed by atoms with Crippen molar-refractivity contribution in [2.75, 3.05) is 0 Å². The number of amides is 2. The fourth-order valence-corrected chi connectivity index (χ4v) is 3.53. The van der Waals surface area contributed by atoms with E-state index in [9.17, 15) is 9.59 Å². The molecule has 0 aliphatic carbocycles. The molecule has 0 aliphatic heterocycles. The van der Waals surface area contributed by atoms with E-state index >= 15 is 0 Å². The summed E-state index contributed by atoms with van der Waals surface area (Å²) in [6, 6.07) is 13.1. The lowest BCUT2D eigenvalue weighted by Crippen LogP contribution is -2.51. The van der Waals surface area contributed by atoms with Crippen LogP contribution in [0.5, 0.6) is 0 Å². The lowest BCUT2D eigenvalue weighted by Gasteiger charge is -2.31. The van der Waals surface area contributed by atoms with E-state index in [0.717, 1.165) is 28.7 Å². The fourth-order valence-electron chi connectivity index (χ4n) is 3.40. The quantitative estimate of drug-likeness (QED) is 0.595. The first kappa shape index (κ1) is 23.9. The molecule has 1 N–H and O–H groups in total. The first-order valence-electron chi connectivity index (χ1n) is 10.7. The lowest BCUT2D eigenvalue weighted by atomic mass is 10.0. The second kappa shape index (κ2) is 11.2. The third-order valence-electron chi connectivity index (χ3n) is 5.50. The van der Waals surface area contributed by atoms with Crippen LogP contribution in [0.3, 0.4) is 0 Å². The van der Waals surface area contributed by atoms with Crippen molar-refractivity contribution in [3.63, 3.8) is 0 Å². The first-order valence-corrected chi connectivity index (χ1v) is 11.0. The maximum absolute atomic E-state index is 13.4. The molecule has 4 nitrogen and oxygen atoms in total. The number of hydrogen-bond acceptors (Lipinski definition) is 2. The average Bonchev–Trinajstić information content (AvgIpc) is 2.71. The minimum absolute atomic E-state index is 0.0511. The molecule has 0 bridgehead atoms. The molecule has 0 saturated carbocycles. The molecule has 0 heterocycles. The molecule has 2 atom stereocenters. The number of halogens is 1. The number of nitrogens with one attached hydrogen (secondary N) is 1. The van der Waals surface area contributed by atoms with Gasteiger partial charge in [0, 0.05) is 17.6 Å². The second-order valence-corrected chi connectivity index (χ2v) is 8.43. The Morgan fingerprint density at radius 2 is 1.70 bits per heavy atom. The maximum atomic E-state index is 13.4. The smallest absolute Gasteiger partial charge is 0.243 e. The Labute approximate surface area is 185 Å². The van der Waals surface area contributed by atoms with Crippen LogP contribution in [0.25, 0.3) is 0 Å². The van der Waals surface area contributed by atoms with Crippen molar-refractivity contribution in [1.29, 1.82) is 0 Å². The van der Waals surface area contributed by atoms with Crippen molar-refractivity contribution in [1.82, 2.24) is 10.2 Å². The minimum atomic E-state index is -0.521. The Balaban J connectivity index is 2.32. The van der Waals surface area contributed by atoms with Crippen LogP contribution in [0, 0.1) is 13.8 Å². The van der Waals surface area contributed by atoms with Crippen LogP contribution in [0.4, 0.5) is 0 Å². The molecular weight excluding hydrogens is 396 g/mol. The van der Waals surface area contributed by atoms with Gasteiger partial charge >= 0.3 is 0 Å². The Bertz CT molecular complexity index is 864. The zero-order valence-electron chi connectivity index (χ0n) is 18.7. The number of benzene rings is 2. The van der Waals surface area contributed by atoms with Gasteiger partial charge in [-0.25, -0.2) is 0 Å². The van der Waals surface area contributed by atoms with E-state index in [2.05, 4.69) is 5.32 Å². The highest BCUT2D eigenvalue weighted by Crippen LogP contribution is 2.18. The van der Waals surface area contributed by atoms with Crippen LogP contribution in [0.2, 0.25) is 5.02 Å². The minimum Gasteiger partial charge on any atom is -0.352 e. The van der Waals surface area contributed by atoms with E-state index in [0.29, 0.717) is 18.0 Å². The Kier molecular flexibility index (Phi) is 8.91. The Morgan fingerprint density at radius 1 is 1.03 bits per heavy atom. The molecule has 0 saturated heterocycles. The molecule has 2 aromatic rings. The molecule has 2 aromatic carbocycles. The molecule has 0 aliphatic rings. The van der Waals surface area contributed by atoms with Gasteiger partial charge in [0.1, 0.15) is 6.04 Å². The van der Waals surface area contributed by atoms with Crippen molar-refractivity contribution in [3.05, 3.63) is 69.7 Å². The average molecular weight is 429 g/mol. The number of nitrogens with zero attached hydrogens (tertiary/aromatic N) is 1. The predicted molar refractivity (Wildman–Crippen MR) is 124 cm³/mol. The topological polar surface area (TPSA) is 49.4 Å². The first-order chi connectivity index (χ1) is 14.2. The zero-order valence-corrected chi connectivity index (χ0v) is 19.4. The summed E-state index contributed by atoms with van der Waals surface area (Å²) in [5.74, 6) is -0.153. The van der Waals surface area contributed by atoms with Crippen molar-refractivity contribution in [2.45, 2.75) is 72.5 Å². The van der Waals surface area contributed by atoms with E-state index in [-0.39, 0.29) is 24.3 Å². The third kappa shape index (κ3) is 6.60. The maximum Gasteiger partial charge on any atom is 0.243 e. The van der Waals surface area contributed by atoms with Crippen LogP contribution in [0.15, 0.2) is 42.5 Å². The zero-order chi connectivity index (χ0) is 22.3. The Hall–Kier alpha value is -2.33. The van der Waals surface area contributed by atoms with Crippen molar-refractivity contribution in [3.8, 4) is 0 Å². The van der Waals surface area contributed by atoms with Gasteiger partial charge in [-0.3, -0.25) is 9.59 Å². The standard InChI is InChI=1S/C25H33ClN2O2/c1-6-19(5)27-25(30)23(7-2)28(16-20-10-12-22(26)13-11-20)24(29)15-21-14-17(3)8-9-18(21)4/h8-14,19,23H,6-7,15-16H2,1-5H3,(H,27,30)/t19-,23+/m1/s1. The number of rotatable bonds is 9. The van der Waals surface area contributed by atoms with Gasteiger partial charge in [0.2, 0.25) is 11.8 Å². The van der Waals surface area contributed by atoms with Gasteiger partial charge in [-0.1, -0.05) is 61.3 Å². The van der Waals surface area contributed by atoms with Gasteiger partial charge in [0.25, 0.3) is 0 Å². The SMILES string of the molecule is CC[C@@H](C)NC(=O)[C@H](CC)N(Cc1ccc(Cl)cc1)C(=O)Cc1cc(C)ccc1C. The number of carbonyl (C=O) groups is 2. The Morgan fingerprint density at radius 3 is 2.30 bits per heavy atom. The molecule has 2 rings (SSSR count). The second-order valence-electron chi connectivity index (χ2n) is 8.00. The highest BCUT2D eigenvalue weighted by Gasteiger charge is 2.29. The number of hydrogen-bond donors (Lipinski definition) is 1. The van der Waals surface area contributed by atoms with E-state index < -0.39 is 6.04 Å². The van der Waals surface area contributed by atoms with Gasteiger partial charge in [-0.05, 0) is 62.4 Å². The molecule has 0 radical (unpaired) electrons. The summed E-state index contributed by atoms with van der Waals surface area (Å²) >= 11 is 6.02. The van der Waals surface area contributed by atoms with Crippen LogP contribution in [-0.2, 0) is 22.6 Å². The largest absolute Gasteiger partial charge is 0.352 e. The monoisotopic (exact) mass is 428 g/mol. The predicted octanol–water partition coefficient (Wildman–Crippen LogP) is 5.22. The molecule has 162 valence electrons. The lowest BCUT2D eigenvalue weighted by molar-refractivity contribution is -0.141. The van der Waals surface area contributed by atoms with Gasteiger partial charge in [-0.2, -0.15) is 0 Å². The summed E-state index contributed by atoms with van der Waals surface area (Å²) in [6.07, 6.45) is 1.67. The highest BCUT2D eigenvalue weighted by molar-refractivity contribution is 6.30. The number of aryl methyl sites for hydroxylation is 2. The van der Waals surface area contributed by atoms with Crippen molar-refractivity contribution < 1.29 is 9.59 Å². The molecule has 0 spiro atoms. The summed E-state index contributed by atoms with van der Waals surface area (Å²) in [4.78, 5) is 28.1. The van der Waals surface area contributed by atoms with Crippen molar-refractivity contribution in [2.24, 2.45) is 0 Å². The highest BCUT2D eigenvalue weighted by atomic mass is 35.5. The normalized spacial score (nSPS) is 12.9. The number of carbonyl (C=O) groups excluding carboxylic acids is 2. The van der Waals surface area contributed by atoms with Gasteiger partial charge < -0.3 is 10.2 Å². The fraction of sp³-hybridized carbons (Fsp3) is 0.440. The molecule has 0 aromatic heterocycles. The van der Waals surface area contributed by atoms with Crippen LogP contribution < -0.4 is 5.32 Å². The van der Waals surface area contributed by atoms with Gasteiger partial charge in [-0.15, -0.1) is 0 Å². The van der Waals surface area contributed by atoms with Gasteiger partial charge in [0.15, 0.2) is 0 Å². The van der Waals surface area contributed by atoms with E-state index in [1.54, 1.807) is 4.90 Å². The van der Waals surface area contributed by atoms with Crippen LogP contribution in [0.1, 0.15) is 55.9 Å². The van der Waals surface area contributed by atoms with E-state index in [1.165, 1.54) is 0 Å².